The zero-order valence-electron chi connectivity index (χ0n) is 16.3. The SMILES string of the molecule is CN=C(NCc1nc(C(C)(C)C)cs1)N1CCN(C(=O)C(C)C)CC1. The Balaban J connectivity index is 1.87. The van der Waals surface area contributed by atoms with Crippen molar-refractivity contribution in [3.8, 4) is 0 Å². The van der Waals surface area contributed by atoms with Gasteiger partial charge in [0.2, 0.25) is 5.91 Å². The van der Waals surface area contributed by atoms with Crippen molar-refractivity contribution >= 4 is 23.2 Å². The summed E-state index contributed by atoms with van der Waals surface area (Å²) in [5.41, 5.74) is 1.21. The van der Waals surface area contributed by atoms with Crippen molar-refractivity contribution in [1.29, 1.82) is 0 Å². The summed E-state index contributed by atoms with van der Waals surface area (Å²) in [5, 5.41) is 6.61. The van der Waals surface area contributed by atoms with Gasteiger partial charge in [0, 0.05) is 49.9 Å². The molecule has 2 heterocycles. The van der Waals surface area contributed by atoms with Gasteiger partial charge in [-0.25, -0.2) is 4.98 Å². The van der Waals surface area contributed by atoms with Gasteiger partial charge in [0.25, 0.3) is 0 Å². The summed E-state index contributed by atoms with van der Waals surface area (Å²) in [6.45, 7) is 14.2. The second-order valence-electron chi connectivity index (χ2n) is 7.74. The molecular weight excluding hydrogens is 334 g/mol. The van der Waals surface area contributed by atoms with Crippen molar-refractivity contribution in [1.82, 2.24) is 20.1 Å². The van der Waals surface area contributed by atoms with Crippen LogP contribution < -0.4 is 5.32 Å². The van der Waals surface area contributed by atoms with E-state index in [2.05, 4.69) is 41.4 Å². The molecule has 0 aromatic carbocycles. The molecule has 1 fully saturated rings. The zero-order valence-corrected chi connectivity index (χ0v) is 17.1. The van der Waals surface area contributed by atoms with Crippen LogP contribution in [0.15, 0.2) is 10.4 Å². The molecular formula is C18H31N5OS. The minimum absolute atomic E-state index is 0.0610. The predicted molar refractivity (Wildman–Crippen MR) is 104 cm³/mol. The fourth-order valence-corrected chi connectivity index (χ4v) is 3.69. The van der Waals surface area contributed by atoms with Gasteiger partial charge < -0.3 is 15.1 Å². The summed E-state index contributed by atoms with van der Waals surface area (Å²) in [7, 11) is 1.80. The van der Waals surface area contributed by atoms with E-state index in [1.54, 1.807) is 18.4 Å². The van der Waals surface area contributed by atoms with E-state index in [-0.39, 0.29) is 17.2 Å². The first-order chi connectivity index (χ1) is 11.7. The molecule has 1 amide bonds. The molecule has 0 bridgehead atoms. The molecule has 1 aromatic rings. The number of rotatable bonds is 3. The number of thiazole rings is 1. The first-order valence-corrected chi connectivity index (χ1v) is 9.79. The molecule has 25 heavy (non-hydrogen) atoms. The van der Waals surface area contributed by atoms with Gasteiger partial charge in [0.05, 0.1) is 12.2 Å². The Hall–Kier alpha value is -1.63. The van der Waals surface area contributed by atoms with Crippen LogP contribution in [0, 0.1) is 5.92 Å². The summed E-state index contributed by atoms with van der Waals surface area (Å²) >= 11 is 1.68. The fourth-order valence-electron chi connectivity index (χ4n) is 2.73. The van der Waals surface area contributed by atoms with Crippen molar-refractivity contribution in [3.63, 3.8) is 0 Å². The summed E-state index contributed by atoms with van der Waals surface area (Å²) in [5.74, 6) is 1.18. The van der Waals surface area contributed by atoms with Crippen molar-refractivity contribution in [2.24, 2.45) is 10.9 Å². The van der Waals surface area contributed by atoms with Crippen LogP contribution in [-0.2, 0) is 16.8 Å². The van der Waals surface area contributed by atoms with Crippen LogP contribution in [0.3, 0.4) is 0 Å². The van der Waals surface area contributed by atoms with Crippen molar-refractivity contribution in [2.45, 2.75) is 46.6 Å². The minimum Gasteiger partial charge on any atom is -0.350 e. The van der Waals surface area contributed by atoms with Crippen LogP contribution in [0.2, 0.25) is 0 Å². The Morgan fingerprint density at radius 1 is 1.28 bits per heavy atom. The van der Waals surface area contributed by atoms with E-state index in [9.17, 15) is 4.79 Å². The zero-order chi connectivity index (χ0) is 18.6. The quantitative estimate of drug-likeness (QED) is 0.660. The van der Waals surface area contributed by atoms with E-state index < -0.39 is 0 Å². The Labute approximate surface area is 155 Å². The van der Waals surface area contributed by atoms with Crippen LogP contribution in [0.4, 0.5) is 0 Å². The van der Waals surface area contributed by atoms with Gasteiger partial charge in [-0.05, 0) is 0 Å². The number of amides is 1. The number of carbonyl (C=O) groups is 1. The van der Waals surface area contributed by atoms with Crippen LogP contribution in [0.1, 0.15) is 45.3 Å². The van der Waals surface area contributed by atoms with Gasteiger partial charge in [-0.3, -0.25) is 9.79 Å². The van der Waals surface area contributed by atoms with E-state index in [0.29, 0.717) is 6.54 Å². The van der Waals surface area contributed by atoms with Gasteiger partial charge in [0.1, 0.15) is 5.01 Å². The van der Waals surface area contributed by atoms with Crippen LogP contribution >= 0.6 is 11.3 Å². The lowest BCUT2D eigenvalue weighted by molar-refractivity contribution is -0.135. The van der Waals surface area contributed by atoms with Crippen molar-refractivity contribution in [3.05, 3.63) is 16.1 Å². The van der Waals surface area contributed by atoms with Crippen LogP contribution in [0.5, 0.6) is 0 Å². The third kappa shape index (κ3) is 5.17. The maximum Gasteiger partial charge on any atom is 0.225 e. The van der Waals surface area contributed by atoms with Gasteiger partial charge in [-0.2, -0.15) is 0 Å². The van der Waals surface area contributed by atoms with E-state index in [4.69, 9.17) is 4.98 Å². The van der Waals surface area contributed by atoms with Gasteiger partial charge in [-0.15, -0.1) is 11.3 Å². The second-order valence-corrected chi connectivity index (χ2v) is 8.69. The summed E-state index contributed by atoms with van der Waals surface area (Å²) in [6.07, 6.45) is 0. The third-order valence-electron chi connectivity index (χ3n) is 4.31. The molecule has 1 saturated heterocycles. The average Bonchev–Trinajstić information content (AvgIpc) is 3.04. The molecule has 0 unspecified atom stereocenters. The third-order valence-corrected chi connectivity index (χ3v) is 5.16. The molecule has 0 aliphatic carbocycles. The van der Waals surface area contributed by atoms with Gasteiger partial charge in [-0.1, -0.05) is 34.6 Å². The first kappa shape index (κ1) is 19.7. The molecule has 0 atom stereocenters. The van der Waals surface area contributed by atoms with E-state index in [0.717, 1.165) is 42.8 Å². The molecule has 7 heteroatoms. The Morgan fingerprint density at radius 3 is 2.36 bits per heavy atom. The number of aromatic nitrogens is 1. The number of guanidine groups is 1. The molecule has 2 rings (SSSR count). The van der Waals surface area contributed by atoms with Crippen molar-refractivity contribution < 1.29 is 4.79 Å². The highest BCUT2D eigenvalue weighted by Crippen LogP contribution is 2.23. The summed E-state index contributed by atoms with van der Waals surface area (Å²) in [6, 6.07) is 0. The van der Waals surface area contributed by atoms with Crippen LogP contribution in [-0.4, -0.2) is 59.9 Å². The monoisotopic (exact) mass is 365 g/mol. The smallest absolute Gasteiger partial charge is 0.225 e. The molecule has 1 aliphatic heterocycles. The number of nitrogens with zero attached hydrogens (tertiary/aromatic N) is 4. The first-order valence-electron chi connectivity index (χ1n) is 8.91. The lowest BCUT2D eigenvalue weighted by Gasteiger charge is -2.37. The second kappa shape index (κ2) is 8.17. The molecule has 6 nitrogen and oxygen atoms in total. The Kier molecular flexibility index (Phi) is 6.43. The largest absolute Gasteiger partial charge is 0.350 e. The van der Waals surface area contributed by atoms with Crippen LogP contribution in [0.25, 0.3) is 0 Å². The highest BCUT2D eigenvalue weighted by atomic mass is 32.1. The average molecular weight is 366 g/mol. The molecule has 1 aromatic heterocycles. The number of carbonyl (C=O) groups excluding carboxylic acids is 1. The highest BCUT2D eigenvalue weighted by molar-refractivity contribution is 7.09. The summed E-state index contributed by atoms with van der Waals surface area (Å²) < 4.78 is 0. The highest BCUT2D eigenvalue weighted by Gasteiger charge is 2.24. The molecule has 1 N–H and O–H groups in total. The number of piperazine rings is 1. The van der Waals surface area contributed by atoms with E-state index >= 15 is 0 Å². The van der Waals surface area contributed by atoms with E-state index in [1.807, 2.05) is 18.7 Å². The molecule has 0 radical (unpaired) electrons. The minimum atomic E-state index is 0.0610. The number of hydrogen-bond donors (Lipinski definition) is 1. The maximum atomic E-state index is 12.1. The molecule has 1 aliphatic rings. The summed E-state index contributed by atoms with van der Waals surface area (Å²) in [4.78, 5) is 25.4. The fraction of sp³-hybridized carbons (Fsp3) is 0.722. The lowest BCUT2D eigenvalue weighted by atomic mass is 9.93. The lowest BCUT2D eigenvalue weighted by Crippen LogP contribution is -2.54. The molecule has 0 spiro atoms. The Bertz CT molecular complexity index is 609. The van der Waals surface area contributed by atoms with Crippen molar-refractivity contribution in [2.75, 3.05) is 33.2 Å². The number of aliphatic imine (C=N–C) groups is 1. The number of hydrogen-bond acceptors (Lipinski definition) is 4. The number of nitrogens with one attached hydrogen (secondary N) is 1. The topological polar surface area (TPSA) is 60.8 Å². The normalized spacial score (nSPS) is 16.5. The van der Waals surface area contributed by atoms with Gasteiger partial charge in [0.15, 0.2) is 5.96 Å². The van der Waals surface area contributed by atoms with Gasteiger partial charge >= 0.3 is 0 Å². The standard InChI is InChI=1S/C18H31N5OS/c1-13(2)16(24)22-7-9-23(10-8-22)17(19-6)20-11-15-21-14(12-25-15)18(3,4)5/h12-13H,7-11H2,1-6H3,(H,19,20). The predicted octanol–water partition coefficient (Wildman–Crippen LogP) is 2.32. The molecule has 0 saturated carbocycles. The van der Waals surface area contributed by atoms with E-state index in [1.165, 1.54) is 0 Å². The molecule has 140 valence electrons. The maximum absolute atomic E-state index is 12.1. The Morgan fingerprint density at radius 2 is 1.88 bits per heavy atom.